The second-order valence-corrected chi connectivity index (χ2v) is 3.79. The van der Waals surface area contributed by atoms with Crippen molar-refractivity contribution in [2.45, 2.75) is 0 Å². The predicted octanol–water partition coefficient (Wildman–Crippen LogP) is 2.54. The molecule has 2 rings (SSSR count). The summed E-state index contributed by atoms with van der Waals surface area (Å²) in [5.74, 6) is -0.203. The first-order valence-corrected chi connectivity index (χ1v) is 5.21. The zero-order valence-electron chi connectivity index (χ0n) is 8.76. The van der Waals surface area contributed by atoms with E-state index in [0.29, 0.717) is 22.0 Å². The third-order valence-corrected chi connectivity index (χ3v) is 2.22. The number of carbonyl (C=O) groups excluding carboxylic acids is 1. The normalized spacial score (nSPS) is 9.94. The molecule has 1 aromatic heterocycles. The zero-order valence-corrected chi connectivity index (χ0v) is 9.52. The van der Waals surface area contributed by atoms with Crippen LogP contribution < -0.4 is 10.5 Å². The molecule has 0 bridgehead atoms. The van der Waals surface area contributed by atoms with Crippen molar-refractivity contribution >= 4 is 23.3 Å². The van der Waals surface area contributed by atoms with Crippen LogP contribution in [-0.2, 0) is 0 Å². The van der Waals surface area contributed by atoms with Crippen molar-refractivity contribution in [3.05, 3.63) is 53.3 Å². The fourth-order valence-electron chi connectivity index (χ4n) is 1.28. The summed E-state index contributed by atoms with van der Waals surface area (Å²) in [6.45, 7) is 0. The molecule has 0 fully saturated rings. The fourth-order valence-corrected chi connectivity index (χ4v) is 1.44. The SMILES string of the molecule is Nc1cccc(C(=O)Oc2cncc(Cl)c2)c1. The van der Waals surface area contributed by atoms with Crippen molar-refractivity contribution in [3.8, 4) is 5.75 Å². The van der Waals surface area contributed by atoms with Crippen molar-refractivity contribution in [1.29, 1.82) is 0 Å². The highest BCUT2D eigenvalue weighted by molar-refractivity contribution is 6.30. The van der Waals surface area contributed by atoms with E-state index in [1.165, 1.54) is 18.5 Å². The number of pyridine rings is 1. The number of nitrogen functional groups attached to an aromatic ring is 1. The van der Waals surface area contributed by atoms with Gasteiger partial charge in [0.05, 0.1) is 16.8 Å². The summed E-state index contributed by atoms with van der Waals surface area (Å²) in [7, 11) is 0. The summed E-state index contributed by atoms with van der Waals surface area (Å²) < 4.78 is 5.09. The molecule has 0 saturated heterocycles. The van der Waals surface area contributed by atoms with Gasteiger partial charge in [0.25, 0.3) is 0 Å². The second kappa shape index (κ2) is 4.84. The lowest BCUT2D eigenvalue weighted by molar-refractivity contribution is 0.0734. The molecule has 17 heavy (non-hydrogen) atoms. The Morgan fingerprint density at radius 1 is 1.29 bits per heavy atom. The van der Waals surface area contributed by atoms with E-state index in [1.807, 2.05) is 0 Å². The predicted molar refractivity (Wildman–Crippen MR) is 65.1 cm³/mol. The molecule has 0 amide bonds. The van der Waals surface area contributed by atoms with Crippen molar-refractivity contribution in [2.24, 2.45) is 0 Å². The first-order valence-electron chi connectivity index (χ1n) is 4.83. The number of benzene rings is 1. The average molecular weight is 249 g/mol. The molecule has 0 unspecified atom stereocenters. The molecule has 1 heterocycles. The smallest absolute Gasteiger partial charge is 0.343 e. The Bertz CT molecular complexity index is 558. The molecular weight excluding hydrogens is 240 g/mol. The summed E-state index contributed by atoms with van der Waals surface area (Å²) in [5.41, 5.74) is 6.46. The highest BCUT2D eigenvalue weighted by Gasteiger charge is 2.09. The Kier molecular flexibility index (Phi) is 3.25. The van der Waals surface area contributed by atoms with Crippen LogP contribution in [-0.4, -0.2) is 11.0 Å². The number of aromatic nitrogens is 1. The minimum atomic E-state index is -0.499. The van der Waals surface area contributed by atoms with E-state index < -0.39 is 5.97 Å². The van der Waals surface area contributed by atoms with Crippen molar-refractivity contribution in [3.63, 3.8) is 0 Å². The fraction of sp³-hybridized carbons (Fsp3) is 0. The van der Waals surface area contributed by atoms with Crippen LogP contribution in [0.4, 0.5) is 5.69 Å². The first kappa shape index (κ1) is 11.4. The molecule has 0 aliphatic carbocycles. The molecule has 2 aromatic rings. The van der Waals surface area contributed by atoms with E-state index in [-0.39, 0.29) is 0 Å². The number of nitrogens with zero attached hydrogens (tertiary/aromatic N) is 1. The van der Waals surface area contributed by atoms with E-state index in [4.69, 9.17) is 22.1 Å². The van der Waals surface area contributed by atoms with Crippen LogP contribution in [0.1, 0.15) is 10.4 Å². The topological polar surface area (TPSA) is 65.2 Å². The van der Waals surface area contributed by atoms with Crippen LogP contribution in [0.15, 0.2) is 42.7 Å². The Morgan fingerprint density at radius 3 is 2.82 bits per heavy atom. The van der Waals surface area contributed by atoms with Crippen LogP contribution in [0.5, 0.6) is 5.75 Å². The molecular formula is C12H9ClN2O2. The van der Waals surface area contributed by atoms with Gasteiger partial charge in [-0.2, -0.15) is 0 Å². The Balaban J connectivity index is 2.17. The number of esters is 1. The molecule has 0 aliphatic rings. The van der Waals surface area contributed by atoms with E-state index in [1.54, 1.807) is 24.3 Å². The summed E-state index contributed by atoms with van der Waals surface area (Å²) in [6, 6.07) is 8.05. The molecule has 2 N–H and O–H groups in total. The minimum Gasteiger partial charge on any atom is -0.421 e. The lowest BCUT2D eigenvalue weighted by Gasteiger charge is -2.04. The Hall–Kier alpha value is -2.07. The number of hydrogen-bond acceptors (Lipinski definition) is 4. The van der Waals surface area contributed by atoms with Crippen LogP contribution in [0.3, 0.4) is 0 Å². The van der Waals surface area contributed by atoms with Crippen molar-refractivity contribution in [1.82, 2.24) is 4.98 Å². The standard InChI is InChI=1S/C12H9ClN2O2/c13-9-5-11(7-15-6-9)17-12(16)8-2-1-3-10(14)4-8/h1-7H,14H2. The number of halogens is 1. The van der Waals surface area contributed by atoms with Gasteiger partial charge < -0.3 is 10.5 Å². The number of rotatable bonds is 2. The second-order valence-electron chi connectivity index (χ2n) is 3.35. The largest absolute Gasteiger partial charge is 0.421 e. The van der Waals surface area contributed by atoms with Gasteiger partial charge in [0.1, 0.15) is 0 Å². The molecule has 0 radical (unpaired) electrons. The van der Waals surface area contributed by atoms with Crippen LogP contribution in [0, 0.1) is 0 Å². The lowest BCUT2D eigenvalue weighted by atomic mass is 10.2. The highest BCUT2D eigenvalue weighted by Crippen LogP contribution is 2.17. The van der Waals surface area contributed by atoms with E-state index in [0.717, 1.165) is 0 Å². The number of hydrogen-bond donors (Lipinski definition) is 1. The maximum absolute atomic E-state index is 11.7. The van der Waals surface area contributed by atoms with Gasteiger partial charge in [-0.3, -0.25) is 4.98 Å². The number of carbonyl (C=O) groups is 1. The summed E-state index contributed by atoms with van der Waals surface area (Å²) in [5, 5.41) is 0.405. The van der Waals surface area contributed by atoms with Crippen LogP contribution in [0.2, 0.25) is 5.02 Å². The first-order chi connectivity index (χ1) is 8.15. The molecule has 0 aliphatic heterocycles. The van der Waals surface area contributed by atoms with Gasteiger partial charge in [-0.05, 0) is 18.2 Å². The molecule has 1 aromatic carbocycles. The molecule has 86 valence electrons. The highest BCUT2D eigenvalue weighted by atomic mass is 35.5. The monoisotopic (exact) mass is 248 g/mol. The third-order valence-electron chi connectivity index (χ3n) is 2.01. The summed E-state index contributed by atoms with van der Waals surface area (Å²) in [4.78, 5) is 15.5. The number of anilines is 1. The average Bonchev–Trinajstić information content (AvgIpc) is 2.29. The summed E-state index contributed by atoms with van der Waals surface area (Å²) in [6.07, 6.45) is 2.87. The van der Waals surface area contributed by atoms with Gasteiger partial charge in [-0.15, -0.1) is 0 Å². The zero-order chi connectivity index (χ0) is 12.3. The molecule has 5 heteroatoms. The quantitative estimate of drug-likeness (QED) is 0.655. The van der Waals surface area contributed by atoms with E-state index in [2.05, 4.69) is 4.98 Å². The van der Waals surface area contributed by atoms with Gasteiger partial charge in [0.15, 0.2) is 5.75 Å². The van der Waals surface area contributed by atoms with Crippen LogP contribution >= 0.6 is 11.6 Å². The van der Waals surface area contributed by atoms with Gasteiger partial charge in [-0.1, -0.05) is 17.7 Å². The van der Waals surface area contributed by atoms with Crippen molar-refractivity contribution < 1.29 is 9.53 Å². The van der Waals surface area contributed by atoms with Gasteiger partial charge in [0.2, 0.25) is 0 Å². The maximum Gasteiger partial charge on any atom is 0.343 e. The lowest BCUT2D eigenvalue weighted by Crippen LogP contribution is -2.08. The number of ether oxygens (including phenoxy) is 1. The third kappa shape index (κ3) is 2.95. The van der Waals surface area contributed by atoms with E-state index in [9.17, 15) is 4.79 Å². The number of nitrogens with two attached hydrogens (primary N) is 1. The van der Waals surface area contributed by atoms with E-state index >= 15 is 0 Å². The molecule has 0 atom stereocenters. The Labute approximate surface area is 103 Å². The minimum absolute atomic E-state index is 0.296. The van der Waals surface area contributed by atoms with Crippen molar-refractivity contribution in [2.75, 3.05) is 5.73 Å². The summed E-state index contributed by atoms with van der Waals surface area (Å²) >= 11 is 5.73. The van der Waals surface area contributed by atoms with Gasteiger partial charge >= 0.3 is 5.97 Å². The van der Waals surface area contributed by atoms with Gasteiger partial charge in [0, 0.05) is 18.0 Å². The molecule has 0 saturated carbocycles. The van der Waals surface area contributed by atoms with Gasteiger partial charge in [-0.25, -0.2) is 4.79 Å². The van der Waals surface area contributed by atoms with Crippen LogP contribution in [0.25, 0.3) is 0 Å². The molecule has 0 spiro atoms. The molecule has 4 nitrogen and oxygen atoms in total. The maximum atomic E-state index is 11.7. The Morgan fingerprint density at radius 2 is 2.12 bits per heavy atom.